The predicted octanol–water partition coefficient (Wildman–Crippen LogP) is 0.223. The lowest BCUT2D eigenvalue weighted by atomic mass is 9.88. The standard InChI is InChI=1S/C16H18N2O4/c1-7-12(19)11-10(13(20)14(7)21-4)8(2)16(22-5)15-9(17(15)3)6-18(11)16/h9,15H,2,6H2,1,3-5H3/t9-,15-,16+,17?/m0/s1. The van der Waals surface area contributed by atoms with Crippen molar-refractivity contribution in [3.05, 3.63) is 34.8 Å². The maximum Gasteiger partial charge on any atom is 0.230 e. The first-order valence-corrected chi connectivity index (χ1v) is 7.24. The maximum absolute atomic E-state index is 12.8. The van der Waals surface area contributed by atoms with Gasteiger partial charge in [0.15, 0.2) is 11.5 Å². The molecule has 0 amide bonds. The molecular formula is C16H18N2O4. The SMILES string of the molecule is C=C1C2=C(C(=O)C(C)=C(OC)C2=O)N2C[C@H]3[C@H](N3C)[C@]12OC. The average molecular weight is 302 g/mol. The number of nitrogens with zero attached hydrogens (tertiary/aromatic N) is 2. The van der Waals surface area contributed by atoms with Gasteiger partial charge in [0.05, 0.1) is 24.4 Å². The fraction of sp³-hybridized carbons (Fsp3) is 0.500. The fourth-order valence-corrected chi connectivity index (χ4v) is 4.35. The first-order chi connectivity index (χ1) is 10.4. The number of piperazine rings is 1. The summed E-state index contributed by atoms with van der Waals surface area (Å²) in [6.07, 6.45) is 0. The van der Waals surface area contributed by atoms with Crippen LogP contribution in [0.2, 0.25) is 0 Å². The summed E-state index contributed by atoms with van der Waals surface area (Å²) >= 11 is 0. The van der Waals surface area contributed by atoms with Crippen LogP contribution in [0.3, 0.4) is 0 Å². The summed E-state index contributed by atoms with van der Waals surface area (Å²) in [5.74, 6) is -0.334. The molecule has 4 rings (SSSR count). The van der Waals surface area contributed by atoms with Gasteiger partial charge in [0.25, 0.3) is 0 Å². The van der Waals surface area contributed by atoms with Gasteiger partial charge in [-0.25, -0.2) is 0 Å². The molecule has 0 aromatic heterocycles. The van der Waals surface area contributed by atoms with Gasteiger partial charge in [-0.05, 0) is 14.0 Å². The Morgan fingerprint density at radius 3 is 2.55 bits per heavy atom. The number of carbonyl (C=O) groups excluding carboxylic acids is 2. The Bertz CT molecular complexity index is 720. The van der Waals surface area contributed by atoms with E-state index in [1.54, 1.807) is 14.0 Å². The van der Waals surface area contributed by atoms with Gasteiger partial charge in [0.1, 0.15) is 0 Å². The van der Waals surface area contributed by atoms with Crippen molar-refractivity contribution in [2.45, 2.75) is 24.7 Å². The third-order valence-electron chi connectivity index (χ3n) is 5.49. The van der Waals surface area contributed by atoms with E-state index in [1.165, 1.54) is 7.11 Å². The van der Waals surface area contributed by atoms with E-state index in [9.17, 15) is 9.59 Å². The highest BCUT2D eigenvalue weighted by atomic mass is 16.5. The van der Waals surface area contributed by atoms with Gasteiger partial charge in [0.2, 0.25) is 11.6 Å². The molecule has 0 aromatic rings. The minimum atomic E-state index is -0.807. The third kappa shape index (κ3) is 1.17. The van der Waals surface area contributed by atoms with E-state index in [1.807, 2.05) is 11.9 Å². The zero-order valence-electron chi connectivity index (χ0n) is 13.1. The van der Waals surface area contributed by atoms with Crippen molar-refractivity contribution in [3.63, 3.8) is 0 Å². The third-order valence-corrected chi connectivity index (χ3v) is 5.49. The van der Waals surface area contributed by atoms with Gasteiger partial charge in [-0.15, -0.1) is 0 Å². The maximum atomic E-state index is 12.8. The number of allylic oxidation sites excluding steroid dienone is 2. The minimum absolute atomic E-state index is 0.109. The Kier molecular flexibility index (Phi) is 2.42. The van der Waals surface area contributed by atoms with Gasteiger partial charge in [-0.3, -0.25) is 14.5 Å². The molecule has 2 fully saturated rings. The molecule has 116 valence electrons. The summed E-state index contributed by atoms with van der Waals surface area (Å²) in [6, 6.07) is 0.462. The zero-order valence-corrected chi connectivity index (χ0v) is 13.1. The van der Waals surface area contributed by atoms with Crippen molar-refractivity contribution in [1.29, 1.82) is 0 Å². The number of fused-ring (bicyclic) bond motifs is 4. The molecule has 6 nitrogen and oxygen atoms in total. The largest absolute Gasteiger partial charge is 0.492 e. The number of likely N-dealkylation sites (N-methyl/N-ethyl adjacent to an activating group) is 1. The molecule has 4 atom stereocenters. The highest BCUT2D eigenvalue weighted by Crippen LogP contribution is 2.58. The summed E-state index contributed by atoms with van der Waals surface area (Å²) in [6.45, 7) is 6.41. The van der Waals surface area contributed by atoms with Crippen molar-refractivity contribution < 1.29 is 19.1 Å². The molecule has 6 heteroatoms. The second-order valence-electron chi connectivity index (χ2n) is 6.21. The molecule has 1 unspecified atom stereocenters. The minimum Gasteiger partial charge on any atom is -0.492 e. The van der Waals surface area contributed by atoms with E-state index in [0.717, 1.165) is 0 Å². The molecule has 1 aliphatic carbocycles. The smallest absolute Gasteiger partial charge is 0.230 e. The highest BCUT2D eigenvalue weighted by Gasteiger charge is 2.73. The van der Waals surface area contributed by atoms with Gasteiger partial charge >= 0.3 is 0 Å². The molecular weight excluding hydrogens is 284 g/mol. The molecule has 22 heavy (non-hydrogen) atoms. The highest BCUT2D eigenvalue weighted by molar-refractivity contribution is 6.26. The number of hydrogen-bond donors (Lipinski definition) is 0. The van der Waals surface area contributed by atoms with Crippen LogP contribution in [0.1, 0.15) is 6.92 Å². The van der Waals surface area contributed by atoms with Crippen LogP contribution < -0.4 is 0 Å². The first-order valence-electron chi connectivity index (χ1n) is 7.24. The van der Waals surface area contributed by atoms with Crippen LogP contribution in [0.25, 0.3) is 0 Å². The normalized spacial score (nSPS) is 39.4. The number of Topliss-reactive ketones (excluding diaryl/α,β-unsaturated/α-hetero) is 2. The van der Waals surface area contributed by atoms with Crippen LogP contribution in [0, 0.1) is 0 Å². The van der Waals surface area contributed by atoms with Crippen molar-refractivity contribution in [2.75, 3.05) is 27.8 Å². The number of methoxy groups -OCH3 is 2. The molecule has 4 aliphatic rings. The van der Waals surface area contributed by atoms with Gasteiger partial charge in [-0.1, -0.05) is 6.58 Å². The van der Waals surface area contributed by atoms with Crippen LogP contribution in [-0.2, 0) is 19.1 Å². The Morgan fingerprint density at radius 1 is 1.27 bits per heavy atom. The van der Waals surface area contributed by atoms with Crippen LogP contribution in [-0.4, -0.2) is 67.0 Å². The average Bonchev–Trinajstić information content (AvgIpc) is 2.91. The Morgan fingerprint density at radius 2 is 1.95 bits per heavy atom. The van der Waals surface area contributed by atoms with Crippen LogP contribution >= 0.6 is 0 Å². The topological polar surface area (TPSA) is 58.9 Å². The summed E-state index contributed by atoms with van der Waals surface area (Å²) in [5, 5.41) is 0. The van der Waals surface area contributed by atoms with Gasteiger partial charge in [0, 0.05) is 30.8 Å². The van der Waals surface area contributed by atoms with Crippen molar-refractivity contribution in [2.24, 2.45) is 0 Å². The van der Waals surface area contributed by atoms with Gasteiger partial charge in [-0.2, -0.15) is 0 Å². The molecule has 0 spiro atoms. The molecule has 3 heterocycles. The van der Waals surface area contributed by atoms with E-state index in [4.69, 9.17) is 9.47 Å². The second-order valence-corrected chi connectivity index (χ2v) is 6.21. The number of ether oxygens (including phenoxy) is 2. The van der Waals surface area contributed by atoms with Crippen LogP contribution in [0.5, 0.6) is 0 Å². The molecule has 0 bridgehead atoms. The lowest BCUT2D eigenvalue weighted by Gasteiger charge is -2.37. The summed E-state index contributed by atoms with van der Waals surface area (Å²) in [7, 11) is 5.04. The summed E-state index contributed by atoms with van der Waals surface area (Å²) < 4.78 is 11.0. The predicted molar refractivity (Wildman–Crippen MR) is 77.7 cm³/mol. The Labute approximate surface area is 128 Å². The van der Waals surface area contributed by atoms with E-state index in [2.05, 4.69) is 11.5 Å². The number of ketones is 2. The summed E-state index contributed by atoms with van der Waals surface area (Å²) in [4.78, 5) is 29.6. The number of carbonyl (C=O) groups is 2. The van der Waals surface area contributed by atoms with E-state index in [-0.39, 0.29) is 23.4 Å². The molecule has 0 aromatic carbocycles. The van der Waals surface area contributed by atoms with Crippen LogP contribution in [0.15, 0.2) is 34.8 Å². The zero-order chi connectivity index (χ0) is 16.0. The van der Waals surface area contributed by atoms with Gasteiger partial charge < -0.3 is 14.4 Å². The fourth-order valence-electron chi connectivity index (χ4n) is 4.35. The summed E-state index contributed by atoms with van der Waals surface area (Å²) in [5.41, 5.74) is 0.893. The monoisotopic (exact) mass is 302 g/mol. The van der Waals surface area contributed by atoms with Crippen LogP contribution in [0.4, 0.5) is 0 Å². The first kappa shape index (κ1) is 13.7. The molecule has 0 radical (unpaired) electrons. The lowest BCUT2D eigenvalue weighted by Crippen LogP contribution is -2.50. The van der Waals surface area contributed by atoms with Crippen molar-refractivity contribution in [3.8, 4) is 0 Å². The Hall–Kier alpha value is -1.92. The number of hydrogen-bond acceptors (Lipinski definition) is 6. The molecule has 0 saturated carbocycles. The van der Waals surface area contributed by atoms with Crippen molar-refractivity contribution in [1.82, 2.24) is 9.80 Å². The molecule has 3 aliphatic heterocycles. The van der Waals surface area contributed by atoms with E-state index < -0.39 is 5.72 Å². The molecule has 0 N–H and O–H groups in total. The molecule has 2 saturated heterocycles. The Balaban J connectivity index is 1.89. The van der Waals surface area contributed by atoms with E-state index in [0.29, 0.717) is 35.0 Å². The number of rotatable bonds is 2. The quantitative estimate of drug-likeness (QED) is 0.537. The lowest BCUT2D eigenvalue weighted by molar-refractivity contribution is -0.121. The second kappa shape index (κ2) is 3.88. The van der Waals surface area contributed by atoms with E-state index >= 15 is 0 Å². The van der Waals surface area contributed by atoms with Crippen molar-refractivity contribution >= 4 is 11.6 Å².